The predicted octanol–water partition coefficient (Wildman–Crippen LogP) is 5.08. The van der Waals surface area contributed by atoms with Gasteiger partial charge in [-0.2, -0.15) is 0 Å². The Kier molecular flexibility index (Phi) is 6.80. The molecule has 0 amide bonds. The van der Waals surface area contributed by atoms with E-state index in [9.17, 15) is 8.42 Å². The van der Waals surface area contributed by atoms with Crippen LogP contribution >= 0.6 is 23.8 Å². The fourth-order valence-corrected chi connectivity index (χ4v) is 5.64. The molecule has 0 radical (unpaired) electrons. The van der Waals surface area contributed by atoms with Crippen molar-refractivity contribution in [3.8, 4) is 11.4 Å². The summed E-state index contributed by atoms with van der Waals surface area (Å²) < 4.78 is 34.1. The summed E-state index contributed by atoms with van der Waals surface area (Å²) in [6.45, 7) is 0. The summed E-state index contributed by atoms with van der Waals surface area (Å²) in [5, 5.41) is 4.54. The van der Waals surface area contributed by atoms with Gasteiger partial charge < -0.3 is 19.5 Å². The molecular weight excluding hydrogens is 530 g/mol. The molecule has 1 aliphatic heterocycles. The van der Waals surface area contributed by atoms with Crippen molar-refractivity contribution in [2.75, 3.05) is 23.0 Å². The van der Waals surface area contributed by atoms with Crippen molar-refractivity contribution in [1.29, 1.82) is 0 Å². The minimum atomic E-state index is -3.54. The van der Waals surface area contributed by atoms with Gasteiger partial charge in [-0.05, 0) is 72.9 Å². The molecule has 2 aromatic carbocycles. The minimum Gasteiger partial charge on any atom is -0.495 e. The molecule has 0 unspecified atom stereocenters. The third-order valence-corrected chi connectivity index (χ3v) is 7.16. The second kappa shape index (κ2) is 10.0. The Morgan fingerprint density at radius 1 is 1.05 bits per heavy atom. The van der Waals surface area contributed by atoms with Crippen molar-refractivity contribution in [2.24, 2.45) is 0 Å². The summed E-state index contributed by atoms with van der Waals surface area (Å²) in [4.78, 5) is 6.57. The van der Waals surface area contributed by atoms with E-state index in [1.807, 2.05) is 71.8 Å². The maximum atomic E-state index is 12.0. The lowest BCUT2D eigenvalue weighted by molar-refractivity contribution is 0.417. The minimum absolute atomic E-state index is 0.282. The van der Waals surface area contributed by atoms with Crippen LogP contribution in [0.5, 0.6) is 5.75 Å². The zero-order valence-corrected chi connectivity index (χ0v) is 22.4. The van der Waals surface area contributed by atoms with Gasteiger partial charge in [0.2, 0.25) is 10.0 Å². The molecule has 0 aliphatic carbocycles. The number of anilines is 2. The standard InChI is InChI=1S/C26H24ClN5O3S2/c1-35-23-12-11-19(16-21(23)30-37(2,33)34)32-25(24(29-26(32)36)20-9-3-4-13-28-20)22-10-6-14-31(22)18-8-5-7-17(27)15-18/h3-16,24-25,30H,1-2H3,(H,29,36)/t24-,25+/m1/s1. The number of rotatable bonds is 7. The van der Waals surface area contributed by atoms with Crippen LogP contribution in [0.4, 0.5) is 11.4 Å². The van der Waals surface area contributed by atoms with Gasteiger partial charge in [-0.25, -0.2) is 8.42 Å². The number of thiocarbonyl (C=S) groups is 1. The van der Waals surface area contributed by atoms with Crippen LogP contribution < -0.4 is 19.7 Å². The topological polar surface area (TPSA) is 88.5 Å². The predicted molar refractivity (Wildman–Crippen MR) is 150 cm³/mol. The molecule has 37 heavy (non-hydrogen) atoms. The number of pyridine rings is 1. The van der Waals surface area contributed by atoms with Crippen molar-refractivity contribution in [2.45, 2.75) is 12.1 Å². The zero-order chi connectivity index (χ0) is 26.2. The van der Waals surface area contributed by atoms with Gasteiger partial charge in [0.05, 0.1) is 30.8 Å². The van der Waals surface area contributed by atoms with E-state index in [0.717, 1.165) is 23.3 Å². The zero-order valence-electron chi connectivity index (χ0n) is 20.0. The number of nitrogens with zero attached hydrogens (tertiary/aromatic N) is 3. The molecule has 2 aromatic heterocycles. The second-order valence-electron chi connectivity index (χ2n) is 8.54. The van der Waals surface area contributed by atoms with Crippen LogP contribution in [0.1, 0.15) is 23.5 Å². The third kappa shape index (κ3) is 5.13. The van der Waals surface area contributed by atoms with E-state index < -0.39 is 10.0 Å². The molecule has 1 aliphatic rings. The van der Waals surface area contributed by atoms with Crippen LogP contribution in [0, 0.1) is 0 Å². The lowest BCUT2D eigenvalue weighted by Crippen LogP contribution is -2.30. The summed E-state index contributed by atoms with van der Waals surface area (Å²) in [5.41, 5.74) is 3.67. The molecule has 1 saturated heterocycles. The molecule has 0 saturated carbocycles. The third-order valence-electron chi connectivity index (χ3n) is 6.02. The summed E-state index contributed by atoms with van der Waals surface area (Å²) in [5.74, 6) is 0.396. The molecule has 2 atom stereocenters. The summed E-state index contributed by atoms with van der Waals surface area (Å²) >= 11 is 12.1. The molecule has 5 rings (SSSR count). The monoisotopic (exact) mass is 553 g/mol. The number of methoxy groups -OCH3 is 1. The van der Waals surface area contributed by atoms with Crippen LogP contribution in [0.3, 0.4) is 0 Å². The fraction of sp³-hybridized carbons (Fsp3) is 0.154. The van der Waals surface area contributed by atoms with Crippen LogP contribution in [-0.2, 0) is 10.0 Å². The van der Waals surface area contributed by atoms with Gasteiger partial charge in [-0.15, -0.1) is 0 Å². The van der Waals surface area contributed by atoms with Crippen LogP contribution in [0.25, 0.3) is 5.69 Å². The molecule has 3 heterocycles. The SMILES string of the molecule is COc1ccc(N2C(=S)N[C@H](c3ccccn3)[C@@H]2c2cccn2-c2cccc(Cl)c2)cc1NS(C)(=O)=O. The molecule has 11 heteroatoms. The Morgan fingerprint density at radius 3 is 2.59 bits per heavy atom. The maximum absolute atomic E-state index is 12.0. The first-order chi connectivity index (χ1) is 17.7. The lowest BCUT2D eigenvalue weighted by atomic mass is 10.0. The second-order valence-corrected chi connectivity index (χ2v) is 11.1. The Balaban J connectivity index is 1.67. The highest BCUT2D eigenvalue weighted by Gasteiger charge is 2.42. The molecule has 190 valence electrons. The van der Waals surface area contributed by atoms with E-state index in [4.69, 9.17) is 28.6 Å². The number of sulfonamides is 1. The van der Waals surface area contributed by atoms with Crippen molar-refractivity contribution in [1.82, 2.24) is 14.9 Å². The Morgan fingerprint density at radius 2 is 1.89 bits per heavy atom. The number of halogens is 1. The largest absolute Gasteiger partial charge is 0.495 e. The van der Waals surface area contributed by atoms with E-state index in [1.165, 1.54) is 7.11 Å². The number of hydrogen-bond donors (Lipinski definition) is 2. The number of ether oxygens (including phenoxy) is 1. The van der Waals surface area contributed by atoms with Crippen molar-refractivity contribution in [3.63, 3.8) is 0 Å². The maximum Gasteiger partial charge on any atom is 0.229 e. The first-order valence-electron chi connectivity index (χ1n) is 11.3. The van der Waals surface area contributed by atoms with E-state index in [1.54, 1.807) is 18.3 Å². The van der Waals surface area contributed by atoms with Crippen molar-refractivity contribution < 1.29 is 13.2 Å². The summed E-state index contributed by atoms with van der Waals surface area (Å²) in [6, 6.07) is 22.0. The smallest absolute Gasteiger partial charge is 0.229 e. The van der Waals surface area contributed by atoms with E-state index in [-0.39, 0.29) is 12.1 Å². The number of hydrogen-bond acceptors (Lipinski definition) is 5. The Bertz CT molecular complexity index is 1560. The van der Waals surface area contributed by atoms with Gasteiger partial charge in [0.1, 0.15) is 11.8 Å². The quantitative estimate of drug-likeness (QED) is 0.308. The average molecular weight is 554 g/mol. The Hall–Kier alpha value is -3.60. The van der Waals surface area contributed by atoms with Crippen LogP contribution in [-0.4, -0.2) is 36.4 Å². The van der Waals surface area contributed by atoms with Gasteiger partial charge in [0, 0.05) is 34.5 Å². The number of benzene rings is 2. The van der Waals surface area contributed by atoms with Crippen LogP contribution in [0.2, 0.25) is 5.02 Å². The molecule has 2 N–H and O–H groups in total. The fourth-order valence-electron chi connectivity index (χ4n) is 4.55. The summed E-state index contributed by atoms with van der Waals surface area (Å²) in [6.07, 6.45) is 4.82. The van der Waals surface area contributed by atoms with Crippen molar-refractivity contribution in [3.05, 3.63) is 102 Å². The molecule has 4 aromatic rings. The van der Waals surface area contributed by atoms with Gasteiger partial charge in [0.15, 0.2) is 5.11 Å². The first-order valence-corrected chi connectivity index (χ1v) is 14.0. The van der Waals surface area contributed by atoms with E-state index >= 15 is 0 Å². The van der Waals surface area contributed by atoms with Gasteiger partial charge in [-0.3, -0.25) is 9.71 Å². The number of aromatic nitrogens is 2. The normalized spacial score (nSPS) is 17.5. The van der Waals surface area contributed by atoms with E-state index in [2.05, 4.69) is 19.6 Å². The highest BCUT2D eigenvalue weighted by atomic mass is 35.5. The highest BCUT2D eigenvalue weighted by molar-refractivity contribution is 7.92. The summed E-state index contributed by atoms with van der Waals surface area (Å²) in [7, 11) is -2.06. The van der Waals surface area contributed by atoms with Crippen molar-refractivity contribution >= 4 is 50.3 Å². The van der Waals surface area contributed by atoms with Gasteiger partial charge in [-0.1, -0.05) is 23.7 Å². The number of nitrogens with one attached hydrogen (secondary N) is 2. The Labute approximate surface area is 225 Å². The molecular formula is C26H24ClN5O3S2. The highest BCUT2D eigenvalue weighted by Crippen LogP contribution is 2.44. The first kappa shape index (κ1) is 25.1. The average Bonchev–Trinajstić information content (AvgIpc) is 3.48. The van der Waals surface area contributed by atoms with Gasteiger partial charge >= 0.3 is 0 Å². The lowest BCUT2D eigenvalue weighted by Gasteiger charge is -2.29. The molecule has 1 fully saturated rings. The molecule has 8 nitrogen and oxygen atoms in total. The van der Waals surface area contributed by atoms with E-state index in [0.29, 0.717) is 27.3 Å². The molecule has 0 spiro atoms. The van der Waals surface area contributed by atoms with Gasteiger partial charge in [0.25, 0.3) is 0 Å². The molecule has 0 bridgehead atoms. The van der Waals surface area contributed by atoms with Crippen LogP contribution in [0.15, 0.2) is 85.2 Å².